The third-order valence-corrected chi connectivity index (χ3v) is 11.1. The molecule has 0 spiro atoms. The van der Waals surface area contributed by atoms with Crippen molar-refractivity contribution in [3.8, 4) is 0 Å². The number of nitrogens with one attached hydrogen (secondary N) is 1. The Kier molecular flexibility index (Phi) is 39.9. The summed E-state index contributed by atoms with van der Waals surface area (Å²) in [5.74, 6) is -0.579. The van der Waals surface area contributed by atoms with Gasteiger partial charge in [-0.15, -0.1) is 0 Å². The van der Waals surface area contributed by atoms with Crippen molar-refractivity contribution in [1.29, 1.82) is 0 Å². The van der Waals surface area contributed by atoms with E-state index in [4.69, 9.17) is 0 Å². The van der Waals surface area contributed by atoms with Crippen LogP contribution in [0.25, 0.3) is 0 Å². The van der Waals surface area contributed by atoms with Crippen molar-refractivity contribution in [3.05, 3.63) is 0 Å². The summed E-state index contributed by atoms with van der Waals surface area (Å²) < 4.78 is 0. The molecule has 5 N–H and O–H groups in total. The lowest BCUT2D eigenvalue weighted by atomic mass is 9.99. The number of carbonyl (C=O) groups excluding carboxylic acids is 1. The first-order valence-electron chi connectivity index (χ1n) is 22.9. The summed E-state index contributed by atoms with van der Waals surface area (Å²) in [4.78, 5) is 12.5. The summed E-state index contributed by atoms with van der Waals surface area (Å²) in [5, 5.41) is 43.7. The van der Waals surface area contributed by atoms with Crippen LogP contribution >= 0.6 is 0 Å². The highest BCUT2D eigenvalue weighted by molar-refractivity contribution is 5.80. The zero-order chi connectivity index (χ0) is 37.5. The zero-order valence-corrected chi connectivity index (χ0v) is 34.4. The maximum absolute atomic E-state index is 12.5. The third-order valence-electron chi connectivity index (χ3n) is 11.1. The Morgan fingerprint density at radius 2 is 0.667 bits per heavy atom. The van der Waals surface area contributed by atoms with E-state index < -0.39 is 36.9 Å². The van der Waals surface area contributed by atoms with E-state index in [0.717, 1.165) is 38.5 Å². The van der Waals surface area contributed by atoms with E-state index in [9.17, 15) is 25.2 Å². The molecule has 0 rings (SSSR count). The van der Waals surface area contributed by atoms with Crippen molar-refractivity contribution in [3.63, 3.8) is 0 Å². The van der Waals surface area contributed by atoms with E-state index in [1.165, 1.54) is 186 Å². The van der Waals surface area contributed by atoms with E-state index in [2.05, 4.69) is 19.2 Å². The molecule has 4 unspecified atom stereocenters. The molecule has 306 valence electrons. The number of carbonyl (C=O) groups is 1. The highest BCUT2D eigenvalue weighted by Gasteiger charge is 2.28. The summed E-state index contributed by atoms with van der Waals surface area (Å²) in [7, 11) is 0. The molecular formula is C45H91NO5. The summed E-state index contributed by atoms with van der Waals surface area (Å²) >= 11 is 0. The quantitative estimate of drug-likeness (QED) is 0.0402. The van der Waals surface area contributed by atoms with Crippen LogP contribution in [0.2, 0.25) is 0 Å². The average molecular weight is 726 g/mol. The van der Waals surface area contributed by atoms with E-state index in [1.807, 2.05) is 0 Å². The van der Waals surface area contributed by atoms with Crippen molar-refractivity contribution >= 4 is 5.91 Å². The molecule has 0 heterocycles. The first kappa shape index (κ1) is 50.3. The van der Waals surface area contributed by atoms with Gasteiger partial charge in [0.25, 0.3) is 0 Å². The second kappa shape index (κ2) is 40.5. The fourth-order valence-electron chi connectivity index (χ4n) is 7.41. The second-order valence-corrected chi connectivity index (χ2v) is 16.1. The molecule has 0 aromatic rings. The molecule has 0 aliphatic carbocycles. The van der Waals surface area contributed by atoms with Crippen LogP contribution in [0.4, 0.5) is 0 Å². The van der Waals surface area contributed by atoms with Crippen molar-refractivity contribution in [2.75, 3.05) is 6.61 Å². The Balaban J connectivity index is 3.68. The molecule has 0 aliphatic heterocycles. The maximum atomic E-state index is 12.5. The molecule has 0 aromatic heterocycles. The van der Waals surface area contributed by atoms with Crippen LogP contribution in [0.3, 0.4) is 0 Å². The maximum Gasteiger partial charge on any atom is 0.249 e. The highest BCUT2D eigenvalue weighted by Crippen LogP contribution is 2.17. The number of aliphatic hydroxyl groups is 4. The molecule has 4 atom stereocenters. The standard InChI is InChI=1S/C45H91NO5/c1-3-5-7-9-11-13-15-17-19-21-22-23-25-27-29-31-33-35-37-39-43(49)45(51)46-41(40-47)44(50)42(48)38-36-34-32-30-28-26-24-20-18-16-14-12-10-8-6-4-2/h41-44,47-50H,3-40H2,1-2H3,(H,46,51). The lowest BCUT2D eigenvalue weighted by Crippen LogP contribution is -2.53. The molecule has 0 bridgehead atoms. The van der Waals surface area contributed by atoms with Gasteiger partial charge in [0.15, 0.2) is 0 Å². The van der Waals surface area contributed by atoms with Gasteiger partial charge in [-0.1, -0.05) is 239 Å². The van der Waals surface area contributed by atoms with Crippen molar-refractivity contribution in [2.24, 2.45) is 0 Å². The topological polar surface area (TPSA) is 110 Å². The van der Waals surface area contributed by atoms with Gasteiger partial charge in [0.05, 0.1) is 18.8 Å². The minimum absolute atomic E-state index is 0.376. The minimum Gasteiger partial charge on any atom is -0.394 e. The van der Waals surface area contributed by atoms with Gasteiger partial charge in [-0.25, -0.2) is 0 Å². The Hall–Kier alpha value is -0.690. The van der Waals surface area contributed by atoms with E-state index >= 15 is 0 Å². The number of amides is 1. The van der Waals surface area contributed by atoms with Gasteiger partial charge in [0.2, 0.25) is 5.91 Å². The Labute approximate surface area is 318 Å². The summed E-state index contributed by atoms with van der Waals surface area (Å²) in [6, 6.07) is -0.978. The Bertz CT molecular complexity index is 692. The van der Waals surface area contributed by atoms with Gasteiger partial charge in [-0.05, 0) is 12.8 Å². The molecular weight excluding hydrogens is 634 g/mol. The van der Waals surface area contributed by atoms with Crippen molar-refractivity contribution in [2.45, 2.75) is 276 Å². The van der Waals surface area contributed by atoms with E-state index in [0.29, 0.717) is 12.8 Å². The number of hydrogen-bond donors (Lipinski definition) is 5. The zero-order valence-electron chi connectivity index (χ0n) is 34.4. The van der Waals surface area contributed by atoms with Gasteiger partial charge < -0.3 is 25.7 Å². The SMILES string of the molecule is CCCCCCCCCCCCCCCCCCCCCC(O)C(=O)NC(CO)C(O)C(O)CCCCCCCCCCCCCCCCCC. The van der Waals surface area contributed by atoms with E-state index in [1.54, 1.807) is 0 Å². The first-order valence-corrected chi connectivity index (χ1v) is 22.9. The van der Waals surface area contributed by atoms with Crippen LogP contribution in [-0.4, -0.2) is 57.3 Å². The molecule has 0 fully saturated rings. The summed E-state index contributed by atoms with van der Waals surface area (Å²) in [5.41, 5.74) is 0. The average Bonchev–Trinajstić information content (AvgIpc) is 3.13. The molecule has 0 aromatic carbocycles. The van der Waals surface area contributed by atoms with Gasteiger partial charge >= 0.3 is 0 Å². The van der Waals surface area contributed by atoms with Gasteiger partial charge in [-0.2, -0.15) is 0 Å². The van der Waals surface area contributed by atoms with Crippen LogP contribution < -0.4 is 5.32 Å². The fourth-order valence-corrected chi connectivity index (χ4v) is 7.41. The smallest absolute Gasteiger partial charge is 0.249 e. The van der Waals surface area contributed by atoms with E-state index in [-0.39, 0.29) is 0 Å². The summed E-state index contributed by atoms with van der Waals surface area (Å²) in [6.07, 6.45) is 42.7. The first-order chi connectivity index (χ1) is 25.0. The summed E-state index contributed by atoms with van der Waals surface area (Å²) in [6.45, 7) is 4.07. The largest absolute Gasteiger partial charge is 0.394 e. The fraction of sp³-hybridized carbons (Fsp3) is 0.978. The Morgan fingerprint density at radius 1 is 0.412 bits per heavy atom. The molecule has 0 radical (unpaired) electrons. The minimum atomic E-state index is -1.25. The van der Waals surface area contributed by atoms with Gasteiger partial charge in [0.1, 0.15) is 12.2 Å². The number of unbranched alkanes of at least 4 members (excludes halogenated alkanes) is 33. The lowest BCUT2D eigenvalue weighted by Gasteiger charge is -2.27. The predicted molar refractivity (Wildman–Crippen MR) is 219 cm³/mol. The molecule has 6 nitrogen and oxygen atoms in total. The normalized spacial score (nSPS) is 14.1. The highest BCUT2D eigenvalue weighted by atomic mass is 16.3. The van der Waals surface area contributed by atoms with Gasteiger partial charge in [-0.3, -0.25) is 4.79 Å². The van der Waals surface area contributed by atoms with Crippen LogP contribution in [0.5, 0.6) is 0 Å². The molecule has 0 saturated heterocycles. The molecule has 1 amide bonds. The van der Waals surface area contributed by atoms with Crippen LogP contribution in [0, 0.1) is 0 Å². The van der Waals surface area contributed by atoms with Crippen molar-refractivity contribution in [1.82, 2.24) is 5.32 Å². The predicted octanol–water partition coefficient (Wildman–Crippen LogP) is 12.0. The number of rotatable bonds is 42. The van der Waals surface area contributed by atoms with Crippen LogP contribution in [0.15, 0.2) is 0 Å². The van der Waals surface area contributed by atoms with Crippen LogP contribution in [-0.2, 0) is 4.79 Å². The van der Waals surface area contributed by atoms with Crippen molar-refractivity contribution < 1.29 is 25.2 Å². The molecule has 0 aliphatic rings. The monoisotopic (exact) mass is 726 g/mol. The lowest BCUT2D eigenvalue weighted by molar-refractivity contribution is -0.132. The molecule has 0 saturated carbocycles. The molecule has 51 heavy (non-hydrogen) atoms. The van der Waals surface area contributed by atoms with Crippen LogP contribution in [0.1, 0.15) is 251 Å². The Morgan fingerprint density at radius 3 is 0.941 bits per heavy atom. The molecule has 6 heteroatoms. The van der Waals surface area contributed by atoms with Gasteiger partial charge in [0, 0.05) is 0 Å². The second-order valence-electron chi connectivity index (χ2n) is 16.1. The number of aliphatic hydroxyl groups excluding tert-OH is 4. The number of hydrogen-bond acceptors (Lipinski definition) is 5. The third kappa shape index (κ3) is 34.8.